The molecule has 1 aliphatic rings. The summed E-state index contributed by atoms with van der Waals surface area (Å²) in [7, 11) is 0. The van der Waals surface area contributed by atoms with E-state index in [-0.39, 0.29) is 19.4 Å². The van der Waals surface area contributed by atoms with Gasteiger partial charge >= 0.3 is 18.0 Å². The maximum atomic E-state index is 12.9. The Balaban J connectivity index is 1.49. The Morgan fingerprint density at radius 3 is 2.61 bits per heavy atom. The van der Waals surface area contributed by atoms with Gasteiger partial charge in [0, 0.05) is 35.6 Å². The molecule has 1 aromatic heterocycles. The number of likely N-dealkylation sites (tertiary alicyclic amines) is 1. The molecular weight excluding hydrogens is 373 g/mol. The fourth-order valence-corrected chi connectivity index (χ4v) is 3.56. The molecule has 0 radical (unpaired) electrons. The van der Waals surface area contributed by atoms with Crippen LogP contribution in [-0.2, 0) is 9.59 Å². The number of halogens is 3. The molecule has 1 saturated heterocycles. The molecule has 146 valence electrons. The van der Waals surface area contributed by atoms with Gasteiger partial charge in [-0.1, -0.05) is 18.2 Å². The molecule has 0 spiro atoms. The second-order valence-corrected chi connectivity index (χ2v) is 6.90. The van der Waals surface area contributed by atoms with Crippen molar-refractivity contribution in [2.75, 3.05) is 18.4 Å². The molecule has 2 amide bonds. The van der Waals surface area contributed by atoms with Gasteiger partial charge < -0.3 is 14.6 Å². The van der Waals surface area contributed by atoms with Gasteiger partial charge in [-0.05, 0) is 31.0 Å². The third-order valence-electron chi connectivity index (χ3n) is 5.00. The van der Waals surface area contributed by atoms with Crippen molar-refractivity contribution in [2.24, 2.45) is 5.92 Å². The first-order chi connectivity index (χ1) is 13.3. The molecule has 0 aliphatic carbocycles. The second kappa shape index (κ2) is 6.85. The van der Waals surface area contributed by atoms with Crippen LogP contribution in [0.3, 0.4) is 0 Å². The van der Waals surface area contributed by atoms with Crippen molar-refractivity contribution in [3.63, 3.8) is 0 Å². The zero-order chi connectivity index (χ0) is 19.9. The Hall–Kier alpha value is -3.03. The standard InChI is InChI=1S/C20H17F3N2O3/c21-20(22,23)12-4-3-9-25(11-12)19(27)18(26)24-13-7-8-15-14-5-1-2-6-16(14)28-17(15)10-13/h1-2,5-8,10,12H,3-4,9,11H2,(H,24,26)/t12-/m0/s1. The molecular formula is C20H17F3N2O3. The Labute approximate surface area is 158 Å². The van der Waals surface area contributed by atoms with Crippen molar-refractivity contribution in [3.05, 3.63) is 42.5 Å². The van der Waals surface area contributed by atoms with Crippen LogP contribution in [0.5, 0.6) is 0 Å². The molecule has 28 heavy (non-hydrogen) atoms. The molecule has 0 saturated carbocycles. The van der Waals surface area contributed by atoms with Gasteiger partial charge in [0.25, 0.3) is 0 Å². The smallest absolute Gasteiger partial charge is 0.393 e. The third-order valence-corrected chi connectivity index (χ3v) is 5.00. The lowest BCUT2D eigenvalue weighted by Gasteiger charge is -2.33. The lowest BCUT2D eigenvalue weighted by Crippen LogP contribution is -2.48. The molecule has 2 aromatic carbocycles. The zero-order valence-electron chi connectivity index (χ0n) is 14.8. The number of carbonyl (C=O) groups is 2. The number of nitrogens with one attached hydrogen (secondary N) is 1. The van der Waals surface area contributed by atoms with Crippen molar-refractivity contribution < 1.29 is 27.2 Å². The van der Waals surface area contributed by atoms with Gasteiger partial charge in [-0.2, -0.15) is 13.2 Å². The highest BCUT2D eigenvalue weighted by atomic mass is 19.4. The summed E-state index contributed by atoms with van der Waals surface area (Å²) in [6, 6.07) is 12.5. The lowest BCUT2D eigenvalue weighted by molar-refractivity contribution is -0.188. The zero-order valence-corrected chi connectivity index (χ0v) is 14.8. The van der Waals surface area contributed by atoms with E-state index in [1.807, 2.05) is 24.3 Å². The number of furan rings is 1. The van der Waals surface area contributed by atoms with E-state index in [0.29, 0.717) is 16.9 Å². The number of amides is 2. The molecule has 1 atom stereocenters. The SMILES string of the molecule is O=C(Nc1ccc2c(c1)oc1ccccc12)C(=O)N1CCC[C@H](C(F)(F)F)C1. The normalized spacial score (nSPS) is 17.8. The van der Waals surface area contributed by atoms with E-state index < -0.39 is 30.5 Å². The Kier molecular flexibility index (Phi) is 4.49. The van der Waals surface area contributed by atoms with Crippen LogP contribution in [-0.4, -0.2) is 36.0 Å². The number of alkyl halides is 3. The summed E-state index contributed by atoms with van der Waals surface area (Å²) < 4.78 is 44.5. The first-order valence-electron chi connectivity index (χ1n) is 8.91. The van der Waals surface area contributed by atoms with Gasteiger partial charge in [-0.3, -0.25) is 9.59 Å². The van der Waals surface area contributed by atoms with E-state index in [9.17, 15) is 22.8 Å². The number of rotatable bonds is 1. The number of para-hydroxylation sites is 1. The molecule has 1 N–H and O–H groups in total. The van der Waals surface area contributed by atoms with Crippen molar-refractivity contribution in [1.82, 2.24) is 4.90 Å². The summed E-state index contributed by atoms with van der Waals surface area (Å²) in [6.07, 6.45) is -4.19. The molecule has 3 aromatic rings. The highest BCUT2D eigenvalue weighted by Crippen LogP contribution is 2.33. The molecule has 2 heterocycles. The van der Waals surface area contributed by atoms with Crippen LogP contribution in [0.2, 0.25) is 0 Å². The molecule has 5 nitrogen and oxygen atoms in total. The number of benzene rings is 2. The summed E-state index contributed by atoms with van der Waals surface area (Å²) in [4.78, 5) is 25.5. The van der Waals surface area contributed by atoms with Gasteiger partial charge in [-0.15, -0.1) is 0 Å². The highest BCUT2D eigenvalue weighted by Gasteiger charge is 2.43. The van der Waals surface area contributed by atoms with E-state index in [1.165, 1.54) is 0 Å². The number of piperidine rings is 1. The number of fused-ring (bicyclic) bond motifs is 3. The fourth-order valence-electron chi connectivity index (χ4n) is 3.56. The predicted octanol–water partition coefficient (Wildman–Crippen LogP) is 4.33. The molecule has 1 fully saturated rings. The maximum absolute atomic E-state index is 12.9. The highest BCUT2D eigenvalue weighted by molar-refractivity contribution is 6.39. The number of carbonyl (C=O) groups excluding carboxylic acids is 2. The summed E-state index contributed by atoms with van der Waals surface area (Å²) >= 11 is 0. The van der Waals surface area contributed by atoms with Crippen molar-refractivity contribution in [3.8, 4) is 0 Å². The van der Waals surface area contributed by atoms with Crippen LogP contribution in [0, 0.1) is 5.92 Å². The van der Waals surface area contributed by atoms with Gasteiger partial charge in [0.15, 0.2) is 0 Å². The van der Waals surface area contributed by atoms with E-state index in [4.69, 9.17) is 4.42 Å². The van der Waals surface area contributed by atoms with Crippen molar-refractivity contribution in [1.29, 1.82) is 0 Å². The van der Waals surface area contributed by atoms with Crippen LogP contribution in [0.25, 0.3) is 21.9 Å². The lowest BCUT2D eigenvalue weighted by atomic mass is 9.97. The number of anilines is 1. The molecule has 1 aliphatic heterocycles. The van der Waals surface area contributed by atoms with Crippen LogP contribution in [0.15, 0.2) is 46.9 Å². The molecule has 0 unspecified atom stereocenters. The topological polar surface area (TPSA) is 62.6 Å². The average Bonchev–Trinajstić information content (AvgIpc) is 3.04. The molecule has 4 rings (SSSR count). The molecule has 0 bridgehead atoms. The van der Waals surface area contributed by atoms with Gasteiger partial charge in [0.05, 0.1) is 5.92 Å². The minimum atomic E-state index is -4.37. The van der Waals surface area contributed by atoms with Crippen LogP contribution in [0.1, 0.15) is 12.8 Å². The third kappa shape index (κ3) is 3.42. The first kappa shape index (κ1) is 18.3. The number of nitrogens with zero attached hydrogens (tertiary/aromatic N) is 1. The van der Waals surface area contributed by atoms with Gasteiger partial charge in [-0.25, -0.2) is 0 Å². The van der Waals surface area contributed by atoms with E-state index in [1.54, 1.807) is 18.2 Å². The second-order valence-electron chi connectivity index (χ2n) is 6.90. The van der Waals surface area contributed by atoms with Gasteiger partial charge in [0.1, 0.15) is 11.2 Å². The first-order valence-corrected chi connectivity index (χ1v) is 8.91. The van der Waals surface area contributed by atoms with Crippen LogP contribution >= 0.6 is 0 Å². The summed E-state index contributed by atoms with van der Waals surface area (Å²) in [6.45, 7) is -0.347. The molecule has 8 heteroatoms. The van der Waals surface area contributed by atoms with Crippen molar-refractivity contribution >= 4 is 39.4 Å². The monoisotopic (exact) mass is 390 g/mol. The van der Waals surface area contributed by atoms with Gasteiger partial charge in [0.2, 0.25) is 0 Å². The summed E-state index contributed by atoms with van der Waals surface area (Å²) in [5, 5.41) is 4.25. The summed E-state index contributed by atoms with van der Waals surface area (Å²) in [5.74, 6) is -3.51. The maximum Gasteiger partial charge on any atom is 0.393 e. The number of hydrogen-bond donors (Lipinski definition) is 1. The van der Waals surface area contributed by atoms with Crippen molar-refractivity contribution in [2.45, 2.75) is 19.0 Å². The quantitative estimate of drug-likeness (QED) is 0.630. The Morgan fingerprint density at radius 2 is 1.82 bits per heavy atom. The Morgan fingerprint density at radius 1 is 1.07 bits per heavy atom. The van der Waals surface area contributed by atoms with Crippen LogP contribution in [0.4, 0.5) is 18.9 Å². The van der Waals surface area contributed by atoms with E-state index in [2.05, 4.69) is 5.32 Å². The average molecular weight is 390 g/mol. The van der Waals surface area contributed by atoms with E-state index in [0.717, 1.165) is 15.7 Å². The summed E-state index contributed by atoms with van der Waals surface area (Å²) in [5.41, 5.74) is 1.58. The fraction of sp³-hybridized carbons (Fsp3) is 0.300. The Bertz CT molecular complexity index is 1060. The largest absolute Gasteiger partial charge is 0.456 e. The predicted molar refractivity (Wildman–Crippen MR) is 97.7 cm³/mol. The minimum Gasteiger partial charge on any atom is -0.456 e. The van der Waals surface area contributed by atoms with E-state index >= 15 is 0 Å². The minimum absolute atomic E-state index is 0.0301. The van der Waals surface area contributed by atoms with Crippen LogP contribution < -0.4 is 5.32 Å². The number of hydrogen-bond acceptors (Lipinski definition) is 3.